The monoisotopic (exact) mass is 337 g/mol. The van der Waals surface area contributed by atoms with Crippen LogP contribution < -0.4 is 0 Å². The van der Waals surface area contributed by atoms with Crippen LogP contribution in [0.1, 0.15) is 17.6 Å². The van der Waals surface area contributed by atoms with Gasteiger partial charge >= 0.3 is 0 Å². The number of pyridine rings is 1. The van der Waals surface area contributed by atoms with Gasteiger partial charge in [-0.15, -0.1) is 11.6 Å². The highest BCUT2D eigenvalue weighted by atomic mass is 127. The fourth-order valence-corrected chi connectivity index (χ4v) is 2.15. The molecule has 0 amide bonds. The minimum atomic E-state index is -2.59. The van der Waals surface area contributed by atoms with E-state index in [1.54, 1.807) is 22.6 Å². The molecule has 1 nitrogen and oxygen atoms in total. The summed E-state index contributed by atoms with van der Waals surface area (Å²) < 4.78 is 25.2. The largest absolute Gasteiger partial charge is 0.266 e. The van der Waals surface area contributed by atoms with Crippen molar-refractivity contribution in [3.63, 3.8) is 0 Å². The van der Waals surface area contributed by atoms with E-state index < -0.39 is 6.43 Å². The third-order valence-electron chi connectivity index (χ3n) is 1.48. The van der Waals surface area contributed by atoms with Crippen molar-refractivity contribution in [2.24, 2.45) is 0 Å². The maximum atomic E-state index is 12.5. The molecule has 0 bridgehead atoms. The van der Waals surface area contributed by atoms with Crippen LogP contribution in [0.3, 0.4) is 0 Å². The van der Waals surface area contributed by atoms with Gasteiger partial charge in [-0.2, -0.15) is 0 Å². The molecular formula is C7H4Cl2F2IN. The molecule has 0 spiro atoms. The quantitative estimate of drug-likeness (QED) is 0.451. The lowest BCUT2D eigenvalue weighted by Crippen LogP contribution is -1.99. The normalized spacial score (nSPS) is 10.9. The number of hydrogen-bond acceptors (Lipinski definition) is 1. The molecule has 0 unspecified atom stereocenters. The van der Waals surface area contributed by atoms with Crippen LogP contribution in [-0.4, -0.2) is 4.98 Å². The number of nitrogens with zero attached hydrogens (tertiary/aromatic N) is 1. The fourth-order valence-electron chi connectivity index (χ4n) is 0.872. The Morgan fingerprint density at radius 2 is 2.15 bits per heavy atom. The van der Waals surface area contributed by atoms with Gasteiger partial charge in [-0.25, -0.2) is 13.8 Å². The molecule has 13 heavy (non-hydrogen) atoms. The average molecular weight is 338 g/mol. The molecule has 6 heteroatoms. The molecule has 0 aromatic carbocycles. The smallest absolute Gasteiger partial charge is 0.248 e. The molecule has 0 saturated carbocycles. The van der Waals surface area contributed by atoms with Crippen molar-refractivity contribution < 1.29 is 8.78 Å². The molecule has 0 aliphatic carbocycles. The first-order chi connectivity index (χ1) is 6.07. The van der Waals surface area contributed by atoms with Gasteiger partial charge in [0.2, 0.25) is 0 Å². The van der Waals surface area contributed by atoms with Crippen molar-refractivity contribution in [1.82, 2.24) is 4.98 Å². The Bertz CT molecular complexity index is 320. The zero-order valence-corrected chi connectivity index (χ0v) is 9.87. The van der Waals surface area contributed by atoms with Crippen molar-refractivity contribution in [2.75, 3.05) is 0 Å². The highest BCUT2D eigenvalue weighted by molar-refractivity contribution is 14.1. The summed E-state index contributed by atoms with van der Waals surface area (Å²) in [5.74, 6) is -0.0307. The maximum absolute atomic E-state index is 12.5. The van der Waals surface area contributed by atoms with Crippen LogP contribution in [0.4, 0.5) is 8.78 Å². The van der Waals surface area contributed by atoms with Crippen molar-refractivity contribution in [1.29, 1.82) is 0 Å². The van der Waals surface area contributed by atoms with Crippen molar-refractivity contribution >= 4 is 45.8 Å². The van der Waals surface area contributed by atoms with Gasteiger partial charge in [0, 0.05) is 12.1 Å². The van der Waals surface area contributed by atoms with E-state index in [4.69, 9.17) is 23.2 Å². The molecule has 0 radical (unpaired) electrons. The van der Waals surface area contributed by atoms with Crippen molar-refractivity contribution in [2.45, 2.75) is 12.3 Å². The predicted molar refractivity (Wildman–Crippen MR) is 56.5 cm³/mol. The third kappa shape index (κ3) is 2.41. The Morgan fingerprint density at radius 3 is 2.54 bits per heavy atom. The Morgan fingerprint density at radius 1 is 1.54 bits per heavy atom. The summed E-state index contributed by atoms with van der Waals surface area (Å²) in [6, 6.07) is 0. The first-order valence-corrected chi connectivity index (χ1v) is 5.24. The second-order valence-corrected chi connectivity index (χ2v) is 3.92. The molecule has 1 aromatic rings. The summed E-state index contributed by atoms with van der Waals surface area (Å²) in [5.41, 5.74) is 0.0980. The van der Waals surface area contributed by atoms with Crippen molar-refractivity contribution in [3.05, 3.63) is 26.0 Å². The van der Waals surface area contributed by atoms with Gasteiger partial charge in [-0.1, -0.05) is 11.6 Å². The SMILES string of the molecule is FC(F)c1c(I)ncc(Cl)c1CCl. The van der Waals surface area contributed by atoms with Gasteiger partial charge < -0.3 is 0 Å². The molecule has 0 aliphatic rings. The van der Waals surface area contributed by atoms with Gasteiger partial charge in [0.15, 0.2) is 0 Å². The number of halogens is 5. The van der Waals surface area contributed by atoms with Crippen LogP contribution in [0.15, 0.2) is 6.20 Å². The Hall–Kier alpha value is 0.320. The second-order valence-electron chi connectivity index (χ2n) is 2.22. The van der Waals surface area contributed by atoms with E-state index in [1.165, 1.54) is 6.20 Å². The standard InChI is InChI=1S/C7H4Cl2F2IN/c8-1-3-4(9)2-13-7(12)5(3)6(10)11/h2,6H,1H2. The summed E-state index contributed by atoms with van der Waals surface area (Å²) in [4.78, 5) is 3.72. The first-order valence-electron chi connectivity index (χ1n) is 3.24. The number of hydrogen-bond donors (Lipinski definition) is 0. The molecule has 0 atom stereocenters. The van der Waals surface area contributed by atoms with Gasteiger partial charge in [-0.05, 0) is 28.2 Å². The van der Waals surface area contributed by atoms with E-state index in [0.29, 0.717) is 0 Å². The maximum Gasteiger partial charge on any atom is 0.266 e. The van der Waals surface area contributed by atoms with E-state index in [2.05, 4.69) is 4.98 Å². The summed E-state index contributed by atoms with van der Waals surface area (Å²) in [5, 5.41) is 0.186. The van der Waals surface area contributed by atoms with Crippen LogP contribution >= 0.6 is 45.8 Å². The van der Waals surface area contributed by atoms with Crippen LogP contribution in [0.25, 0.3) is 0 Å². The average Bonchev–Trinajstić information content (AvgIpc) is 2.07. The Balaban J connectivity index is 3.35. The van der Waals surface area contributed by atoms with Crippen LogP contribution in [-0.2, 0) is 5.88 Å². The zero-order chi connectivity index (χ0) is 10.0. The lowest BCUT2D eigenvalue weighted by Gasteiger charge is -2.09. The first kappa shape index (κ1) is 11.4. The topological polar surface area (TPSA) is 12.9 Å². The van der Waals surface area contributed by atoms with Crippen LogP contribution in [0, 0.1) is 3.70 Å². The predicted octanol–water partition coefficient (Wildman–Crippen LogP) is 4.02. The van der Waals surface area contributed by atoms with E-state index in [0.717, 1.165) is 0 Å². The number of rotatable bonds is 2. The summed E-state index contributed by atoms with van der Waals surface area (Å²) >= 11 is 12.9. The highest BCUT2D eigenvalue weighted by Crippen LogP contribution is 2.31. The molecule has 1 aromatic heterocycles. The lowest BCUT2D eigenvalue weighted by molar-refractivity contribution is 0.149. The summed E-state index contributed by atoms with van der Waals surface area (Å²) in [7, 11) is 0. The molecule has 72 valence electrons. The zero-order valence-electron chi connectivity index (χ0n) is 6.20. The van der Waals surface area contributed by atoms with Gasteiger partial charge in [0.25, 0.3) is 6.43 Å². The van der Waals surface area contributed by atoms with E-state index >= 15 is 0 Å². The van der Waals surface area contributed by atoms with E-state index in [9.17, 15) is 8.78 Å². The van der Waals surface area contributed by atoms with E-state index in [-0.39, 0.29) is 25.7 Å². The minimum Gasteiger partial charge on any atom is -0.248 e. The Kier molecular flexibility index (Phi) is 4.12. The molecule has 0 fully saturated rings. The third-order valence-corrected chi connectivity index (χ3v) is 2.93. The van der Waals surface area contributed by atoms with Gasteiger partial charge in [0.1, 0.15) is 3.70 Å². The molecule has 0 N–H and O–H groups in total. The van der Waals surface area contributed by atoms with Crippen LogP contribution in [0.5, 0.6) is 0 Å². The van der Waals surface area contributed by atoms with Crippen molar-refractivity contribution in [3.8, 4) is 0 Å². The molecule has 1 heterocycles. The lowest BCUT2D eigenvalue weighted by atomic mass is 10.2. The highest BCUT2D eigenvalue weighted by Gasteiger charge is 2.19. The molecule has 1 rings (SSSR count). The van der Waals surface area contributed by atoms with Gasteiger partial charge in [0.05, 0.1) is 10.6 Å². The number of aromatic nitrogens is 1. The molecular weight excluding hydrogens is 334 g/mol. The van der Waals surface area contributed by atoms with Crippen LogP contribution in [0.2, 0.25) is 5.02 Å². The second kappa shape index (κ2) is 4.70. The summed E-state index contributed by atoms with van der Waals surface area (Å²) in [6.45, 7) is 0. The Labute approximate surface area is 97.6 Å². The summed E-state index contributed by atoms with van der Waals surface area (Å²) in [6.07, 6.45) is -1.26. The molecule has 0 saturated heterocycles. The molecule has 0 aliphatic heterocycles. The fraction of sp³-hybridized carbons (Fsp3) is 0.286. The minimum absolute atomic E-state index is 0.0307. The number of alkyl halides is 3. The van der Waals surface area contributed by atoms with Gasteiger partial charge in [-0.3, -0.25) is 0 Å². The van der Waals surface area contributed by atoms with E-state index in [1.807, 2.05) is 0 Å².